The Bertz CT molecular complexity index is 1130. The van der Waals surface area contributed by atoms with Crippen molar-refractivity contribution in [3.63, 3.8) is 0 Å². The van der Waals surface area contributed by atoms with Crippen LogP contribution >= 0.6 is 11.3 Å². The monoisotopic (exact) mass is 417 g/mol. The third-order valence-corrected chi connectivity index (χ3v) is 6.92. The van der Waals surface area contributed by atoms with E-state index in [0.29, 0.717) is 11.1 Å². The highest BCUT2D eigenvalue weighted by atomic mass is 32.2. The van der Waals surface area contributed by atoms with Crippen LogP contribution in [-0.2, 0) is 10.0 Å². The molecular formula is C20H19NO5S2. The van der Waals surface area contributed by atoms with Crippen molar-refractivity contribution in [3.8, 4) is 15.5 Å². The molecule has 2 N–H and O–H groups in total. The summed E-state index contributed by atoms with van der Waals surface area (Å²) in [6.45, 7) is 5.32. The van der Waals surface area contributed by atoms with Gasteiger partial charge in [0.05, 0.1) is 4.90 Å². The molecule has 28 heavy (non-hydrogen) atoms. The van der Waals surface area contributed by atoms with Crippen molar-refractivity contribution in [1.82, 2.24) is 0 Å². The number of carboxylic acid groups (broad SMARTS) is 1. The summed E-state index contributed by atoms with van der Waals surface area (Å²) < 4.78 is 33.3. The van der Waals surface area contributed by atoms with Gasteiger partial charge < -0.3 is 9.84 Å². The van der Waals surface area contributed by atoms with E-state index in [0.717, 1.165) is 27.3 Å². The third-order valence-electron chi connectivity index (χ3n) is 4.19. The lowest BCUT2D eigenvalue weighted by Crippen LogP contribution is -2.15. The molecule has 0 aliphatic heterocycles. The van der Waals surface area contributed by atoms with E-state index in [9.17, 15) is 13.2 Å². The van der Waals surface area contributed by atoms with E-state index >= 15 is 0 Å². The molecule has 0 atom stereocenters. The normalized spacial score (nSPS) is 11.2. The molecule has 0 radical (unpaired) electrons. The molecule has 1 aromatic heterocycles. The van der Waals surface area contributed by atoms with Crippen molar-refractivity contribution in [2.24, 2.45) is 0 Å². The van der Waals surface area contributed by atoms with Gasteiger partial charge in [0.15, 0.2) is 0 Å². The molecule has 1 heterocycles. The molecule has 8 heteroatoms. The SMILES string of the molecule is Cc1ccc(S(=O)(=O)Nc2c(OC(=O)O)sc(-c3ccccc3)c2C)c(C)c1. The van der Waals surface area contributed by atoms with Gasteiger partial charge in [-0.25, -0.2) is 13.2 Å². The van der Waals surface area contributed by atoms with Gasteiger partial charge in [-0.3, -0.25) is 4.72 Å². The quantitative estimate of drug-likeness (QED) is 0.557. The lowest BCUT2D eigenvalue weighted by Gasteiger charge is -2.12. The molecule has 0 aliphatic carbocycles. The molecule has 0 fully saturated rings. The minimum Gasteiger partial charge on any atom is -0.449 e. The molecule has 6 nitrogen and oxygen atoms in total. The lowest BCUT2D eigenvalue weighted by atomic mass is 10.1. The minimum absolute atomic E-state index is 0.0165. The number of carbonyl (C=O) groups is 1. The van der Waals surface area contributed by atoms with Gasteiger partial charge in [-0.15, -0.1) is 0 Å². The zero-order chi connectivity index (χ0) is 20.5. The van der Waals surface area contributed by atoms with Crippen LogP contribution in [-0.4, -0.2) is 19.7 Å². The van der Waals surface area contributed by atoms with Gasteiger partial charge in [-0.05, 0) is 43.5 Å². The number of hydrogen-bond acceptors (Lipinski definition) is 5. The number of hydrogen-bond donors (Lipinski definition) is 2. The Kier molecular flexibility index (Phi) is 5.44. The molecule has 0 unspecified atom stereocenters. The number of ether oxygens (including phenoxy) is 1. The number of sulfonamides is 1. The number of thiophene rings is 1. The number of benzene rings is 2. The lowest BCUT2D eigenvalue weighted by molar-refractivity contribution is 0.146. The van der Waals surface area contributed by atoms with E-state index in [1.54, 1.807) is 26.0 Å². The van der Waals surface area contributed by atoms with Crippen LogP contribution in [0.4, 0.5) is 10.5 Å². The number of nitrogens with one attached hydrogen (secondary N) is 1. The zero-order valence-electron chi connectivity index (χ0n) is 15.5. The summed E-state index contributed by atoms with van der Waals surface area (Å²) in [4.78, 5) is 12.0. The van der Waals surface area contributed by atoms with E-state index in [-0.39, 0.29) is 15.6 Å². The Labute approximate surface area is 167 Å². The third kappa shape index (κ3) is 4.02. The van der Waals surface area contributed by atoms with Gasteiger partial charge in [-0.1, -0.05) is 59.4 Å². The second-order valence-corrected chi connectivity index (χ2v) is 8.96. The van der Waals surface area contributed by atoms with Crippen LogP contribution in [0, 0.1) is 20.8 Å². The minimum atomic E-state index is -3.93. The van der Waals surface area contributed by atoms with Crippen LogP contribution in [0.2, 0.25) is 0 Å². The van der Waals surface area contributed by atoms with E-state index in [4.69, 9.17) is 9.84 Å². The van der Waals surface area contributed by atoms with Gasteiger partial charge in [0, 0.05) is 4.88 Å². The summed E-state index contributed by atoms with van der Waals surface area (Å²) in [6.07, 6.45) is -1.51. The smallest absolute Gasteiger partial charge is 0.449 e. The Hall–Kier alpha value is -2.84. The second-order valence-electron chi connectivity index (χ2n) is 6.33. The standard InChI is InChI=1S/C20H19NO5S2/c1-12-9-10-16(13(2)11-12)28(24,25)21-17-14(3)18(15-7-5-4-6-8-15)27-19(17)26-20(22)23/h4-11,21H,1-3H3,(H,22,23). The van der Waals surface area contributed by atoms with Gasteiger partial charge in [0.1, 0.15) is 5.69 Å². The van der Waals surface area contributed by atoms with Crippen molar-refractivity contribution in [1.29, 1.82) is 0 Å². The fourth-order valence-corrected chi connectivity index (χ4v) is 5.44. The first-order valence-electron chi connectivity index (χ1n) is 8.38. The predicted octanol–water partition coefficient (Wildman–Crippen LogP) is 5.20. The van der Waals surface area contributed by atoms with Crippen LogP contribution in [0.3, 0.4) is 0 Å². The molecule has 0 saturated heterocycles. The maximum Gasteiger partial charge on any atom is 0.512 e. The molecule has 0 aliphatic rings. The Morgan fingerprint density at radius 3 is 2.36 bits per heavy atom. The molecule has 3 aromatic rings. The fourth-order valence-electron chi connectivity index (χ4n) is 2.91. The first-order valence-corrected chi connectivity index (χ1v) is 10.7. The summed E-state index contributed by atoms with van der Waals surface area (Å²) in [5, 5.41) is 9.04. The molecule has 3 rings (SSSR count). The number of rotatable bonds is 5. The molecule has 0 spiro atoms. The van der Waals surface area contributed by atoms with Gasteiger partial charge in [-0.2, -0.15) is 0 Å². The Balaban J connectivity index is 2.09. The van der Waals surface area contributed by atoms with E-state index in [1.165, 1.54) is 6.07 Å². The van der Waals surface area contributed by atoms with Crippen LogP contribution < -0.4 is 9.46 Å². The molecular weight excluding hydrogens is 398 g/mol. The van der Waals surface area contributed by atoms with Crippen LogP contribution in [0.15, 0.2) is 53.4 Å². The highest BCUT2D eigenvalue weighted by Gasteiger charge is 2.25. The summed E-state index contributed by atoms with van der Waals surface area (Å²) in [5.41, 5.74) is 3.12. The first-order chi connectivity index (χ1) is 13.2. The van der Waals surface area contributed by atoms with Crippen LogP contribution in [0.1, 0.15) is 16.7 Å². The molecule has 146 valence electrons. The highest BCUT2D eigenvalue weighted by Crippen LogP contribution is 2.46. The molecule has 0 bridgehead atoms. The largest absolute Gasteiger partial charge is 0.512 e. The maximum atomic E-state index is 13.0. The molecule has 2 aromatic carbocycles. The highest BCUT2D eigenvalue weighted by molar-refractivity contribution is 7.92. The number of anilines is 1. The van der Waals surface area contributed by atoms with Crippen molar-refractivity contribution in [2.75, 3.05) is 4.72 Å². The maximum absolute atomic E-state index is 13.0. The second kappa shape index (κ2) is 7.65. The van der Waals surface area contributed by atoms with Crippen molar-refractivity contribution < 1.29 is 23.1 Å². The predicted molar refractivity (Wildman–Crippen MR) is 110 cm³/mol. The fraction of sp³-hybridized carbons (Fsp3) is 0.150. The summed E-state index contributed by atoms with van der Waals surface area (Å²) in [7, 11) is -3.93. The van der Waals surface area contributed by atoms with E-state index in [1.807, 2.05) is 37.3 Å². The average molecular weight is 418 g/mol. The summed E-state index contributed by atoms with van der Waals surface area (Å²) >= 11 is 1.08. The van der Waals surface area contributed by atoms with Crippen LogP contribution in [0.5, 0.6) is 5.06 Å². The topological polar surface area (TPSA) is 92.7 Å². The number of aryl methyl sites for hydroxylation is 2. The summed E-state index contributed by atoms with van der Waals surface area (Å²) in [5.74, 6) is 0. The van der Waals surface area contributed by atoms with Crippen molar-refractivity contribution in [3.05, 3.63) is 65.2 Å². The van der Waals surface area contributed by atoms with Gasteiger partial charge in [0.2, 0.25) is 5.06 Å². The Morgan fingerprint density at radius 2 is 1.75 bits per heavy atom. The zero-order valence-corrected chi connectivity index (χ0v) is 17.1. The first kappa shape index (κ1) is 19.9. The van der Waals surface area contributed by atoms with Crippen LogP contribution in [0.25, 0.3) is 10.4 Å². The molecule has 0 saturated carbocycles. The van der Waals surface area contributed by atoms with E-state index in [2.05, 4.69) is 4.72 Å². The molecule has 0 amide bonds. The van der Waals surface area contributed by atoms with Gasteiger partial charge in [0.25, 0.3) is 10.0 Å². The van der Waals surface area contributed by atoms with E-state index < -0.39 is 16.2 Å². The summed E-state index contributed by atoms with van der Waals surface area (Å²) in [6, 6.07) is 14.3. The van der Waals surface area contributed by atoms with Gasteiger partial charge >= 0.3 is 6.16 Å². The van der Waals surface area contributed by atoms with Crippen molar-refractivity contribution >= 4 is 33.2 Å². The van der Waals surface area contributed by atoms with Crippen molar-refractivity contribution in [2.45, 2.75) is 25.7 Å². The Morgan fingerprint density at radius 1 is 1.07 bits per heavy atom. The average Bonchev–Trinajstić information content (AvgIpc) is 2.90.